The standard InChI is InChI=1S/C16H15N3O4.C4H9O.K/c1-22-5-6-23-14-4-2-3-11(8-14)15-9-12-7-13(19(20)21)10-17-16(12)18-15;1-4(2,3)5;/h2-4,7-10H,5-6H2,1H3,(H,17,18);1-3H3;/q;-1;+1. The van der Waals surface area contributed by atoms with Crippen molar-refractivity contribution >= 4 is 16.7 Å². The van der Waals surface area contributed by atoms with Gasteiger partial charge in [0.1, 0.15) is 24.2 Å². The van der Waals surface area contributed by atoms with Crippen molar-refractivity contribution in [2.75, 3.05) is 20.3 Å². The second kappa shape index (κ2) is 11.7. The number of hydrogen-bond donors (Lipinski definition) is 1. The Kier molecular flexibility index (Phi) is 10.4. The number of methoxy groups -OCH3 is 1. The van der Waals surface area contributed by atoms with Crippen LogP contribution in [0.15, 0.2) is 42.6 Å². The number of benzene rings is 1. The van der Waals surface area contributed by atoms with Gasteiger partial charge in [0.15, 0.2) is 0 Å². The number of nitrogens with zero attached hydrogens (tertiary/aromatic N) is 2. The molecule has 8 nitrogen and oxygen atoms in total. The maximum Gasteiger partial charge on any atom is 1.00 e. The Morgan fingerprint density at radius 1 is 1.17 bits per heavy atom. The number of aromatic amines is 1. The van der Waals surface area contributed by atoms with Gasteiger partial charge in [0, 0.05) is 29.8 Å². The van der Waals surface area contributed by atoms with Crippen molar-refractivity contribution in [2.45, 2.75) is 26.4 Å². The minimum atomic E-state index is -0.750. The van der Waals surface area contributed by atoms with Crippen LogP contribution in [0.5, 0.6) is 5.75 Å². The number of nitrogens with one attached hydrogen (secondary N) is 1. The van der Waals surface area contributed by atoms with Crippen molar-refractivity contribution in [3.8, 4) is 17.0 Å². The van der Waals surface area contributed by atoms with Crippen LogP contribution in [0.2, 0.25) is 0 Å². The summed E-state index contributed by atoms with van der Waals surface area (Å²) in [5, 5.41) is 21.6. The maximum atomic E-state index is 10.8. The summed E-state index contributed by atoms with van der Waals surface area (Å²) in [6, 6.07) is 10.9. The van der Waals surface area contributed by atoms with Gasteiger partial charge >= 0.3 is 51.4 Å². The smallest absolute Gasteiger partial charge is 0.850 e. The molecule has 0 aliphatic rings. The van der Waals surface area contributed by atoms with E-state index in [9.17, 15) is 15.2 Å². The first-order chi connectivity index (χ1) is 13.2. The first-order valence-corrected chi connectivity index (χ1v) is 8.73. The van der Waals surface area contributed by atoms with Crippen LogP contribution in [0.1, 0.15) is 20.8 Å². The summed E-state index contributed by atoms with van der Waals surface area (Å²) < 4.78 is 10.5. The zero-order valence-corrected chi connectivity index (χ0v) is 20.5. The molecular formula is C20H24KN3O5. The first-order valence-electron chi connectivity index (χ1n) is 8.73. The second-order valence-electron chi connectivity index (χ2n) is 7.05. The summed E-state index contributed by atoms with van der Waals surface area (Å²) in [7, 11) is 1.62. The van der Waals surface area contributed by atoms with Crippen LogP contribution in [0, 0.1) is 10.1 Å². The van der Waals surface area contributed by atoms with E-state index in [4.69, 9.17) is 9.47 Å². The molecule has 0 radical (unpaired) electrons. The number of ether oxygens (including phenoxy) is 2. The van der Waals surface area contributed by atoms with Crippen LogP contribution < -0.4 is 61.2 Å². The van der Waals surface area contributed by atoms with Gasteiger partial charge in [-0.15, -0.1) is 5.60 Å². The summed E-state index contributed by atoms with van der Waals surface area (Å²) in [6.07, 6.45) is 1.24. The summed E-state index contributed by atoms with van der Waals surface area (Å²) in [4.78, 5) is 17.6. The molecule has 9 heteroatoms. The van der Waals surface area contributed by atoms with Gasteiger partial charge in [-0.2, -0.15) is 0 Å². The van der Waals surface area contributed by atoms with E-state index in [-0.39, 0.29) is 57.1 Å². The van der Waals surface area contributed by atoms with Gasteiger partial charge in [-0.1, -0.05) is 32.9 Å². The molecule has 3 rings (SSSR count). The molecule has 0 spiro atoms. The van der Waals surface area contributed by atoms with Gasteiger partial charge in [0.05, 0.1) is 11.5 Å². The van der Waals surface area contributed by atoms with E-state index >= 15 is 0 Å². The molecule has 0 amide bonds. The summed E-state index contributed by atoms with van der Waals surface area (Å²) >= 11 is 0. The molecule has 29 heavy (non-hydrogen) atoms. The molecule has 1 aromatic carbocycles. The fourth-order valence-corrected chi connectivity index (χ4v) is 2.26. The van der Waals surface area contributed by atoms with Crippen LogP contribution in [0.25, 0.3) is 22.3 Å². The third-order valence-electron chi connectivity index (χ3n) is 3.37. The van der Waals surface area contributed by atoms with E-state index in [1.165, 1.54) is 12.3 Å². The van der Waals surface area contributed by atoms with Crippen LogP contribution in [-0.2, 0) is 4.74 Å². The number of nitro groups is 1. The Balaban J connectivity index is 0.000000628. The number of hydrogen-bond acceptors (Lipinski definition) is 6. The molecular weight excluding hydrogens is 401 g/mol. The minimum Gasteiger partial charge on any atom is -0.850 e. The van der Waals surface area contributed by atoms with Crippen LogP contribution in [-0.4, -0.2) is 40.8 Å². The van der Waals surface area contributed by atoms with Gasteiger partial charge in [0.2, 0.25) is 0 Å². The average molecular weight is 426 g/mol. The molecule has 0 saturated carbocycles. The molecule has 0 aliphatic heterocycles. The molecule has 0 aliphatic carbocycles. The Morgan fingerprint density at radius 3 is 2.48 bits per heavy atom. The van der Waals surface area contributed by atoms with E-state index in [2.05, 4.69) is 9.97 Å². The summed E-state index contributed by atoms with van der Waals surface area (Å²) in [5.41, 5.74) is 1.57. The molecule has 0 fully saturated rings. The van der Waals surface area contributed by atoms with Gasteiger partial charge < -0.3 is 19.6 Å². The van der Waals surface area contributed by atoms with E-state index in [1.54, 1.807) is 27.9 Å². The van der Waals surface area contributed by atoms with Gasteiger partial charge in [0.25, 0.3) is 5.69 Å². The second-order valence-corrected chi connectivity index (χ2v) is 7.05. The molecule has 2 aromatic heterocycles. The zero-order valence-electron chi connectivity index (χ0n) is 17.4. The number of pyridine rings is 1. The van der Waals surface area contributed by atoms with Crippen molar-refractivity contribution < 1.29 is 70.9 Å². The fraction of sp³-hybridized carbons (Fsp3) is 0.350. The van der Waals surface area contributed by atoms with Crippen molar-refractivity contribution in [3.63, 3.8) is 0 Å². The molecule has 0 atom stereocenters. The predicted octanol–water partition coefficient (Wildman–Crippen LogP) is 0.313. The van der Waals surface area contributed by atoms with Gasteiger partial charge in [-0.3, -0.25) is 10.1 Å². The Morgan fingerprint density at radius 2 is 1.86 bits per heavy atom. The number of H-pyrrole nitrogens is 1. The third-order valence-corrected chi connectivity index (χ3v) is 3.37. The fourth-order valence-electron chi connectivity index (χ4n) is 2.26. The van der Waals surface area contributed by atoms with E-state index < -0.39 is 10.5 Å². The molecule has 2 heterocycles. The predicted molar refractivity (Wildman–Crippen MR) is 105 cm³/mol. The molecule has 150 valence electrons. The molecule has 3 aromatic rings. The largest absolute Gasteiger partial charge is 1.00 e. The van der Waals surface area contributed by atoms with Crippen molar-refractivity contribution in [1.82, 2.24) is 9.97 Å². The Bertz CT molecular complexity index is 931. The SMILES string of the molecule is CC(C)(C)[O-].COCCOc1cccc(-c2cc3cc([N+](=O)[O-])cnc3[nH]2)c1.[K+]. The van der Waals surface area contributed by atoms with Crippen molar-refractivity contribution in [1.29, 1.82) is 0 Å². The van der Waals surface area contributed by atoms with E-state index in [0.29, 0.717) is 24.2 Å². The molecule has 0 saturated heterocycles. The first kappa shape index (κ1) is 25.7. The Labute approximate surface area is 212 Å². The van der Waals surface area contributed by atoms with Crippen molar-refractivity contribution in [2.24, 2.45) is 0 Å². The van der Waals surface area contributed by atoms with E-state index in [0.717, 1.165) is 17.0 Å². The van der Waals surface area contributed by atoms with Crippen LogP contribution in [0.4, 0.5) is 5.69 Å². The quantitative estimate of drug-likeness (QED) is 0.263. The monoisotopic (exact) mass is 425 g/mol. The molecule has 0 bridgehead atoms. The van der Waals surface area contributed by atoms with E-state index in [1.807, 2.05) is 30.3 Å². The zero-order chi connectivity index (χ0) is 20.7. The Hall–Kier alpha value is -1.33. The topological polar surface area (TPSA) is 113 Å². The maximum absolute atomic E-state index is 10.8. The van der Waals surface area contributed by atoms with Gasteiger partial charge in [-0.25, -0.2) is 4.98 Å². The van der Waals surface area contributed by atoms with Crippen LogP contribution >= 0.6 is 0 Å². The number of rotatable bonds is 6. The minimum absolute atomic E-state index is 0. The van der Waals surface area contributed by atoms with Crippen molar-refractivity contribution in [3.05, 3.63) is 52.7 Å². The average Bonchev–Trinajstić information content (AvgIpc) is 3.04. The normalized spacial score (nSPS) is 10.7. The summed E-state index contributed by atoms with van der Waals surface area (Å²) in [6.45, 7) is 5.89. The molecule has 1 N–H and O–H groups in total. The summed E-state index contributed by atoms with van der Waals surface area (Å²) in [5.74, 6) is 0.733. The third kappa shape index (κ3) is 8.91. The number of fused-ring (bicyclic) bond motifs is 1. The number of aromatic nitrogens is 2. The molecule has 0 unspecified atom stereocenters. The van der Waals surface area contributed by atoms with Crippen LogP contribution in [0.3, 0.4) is 0 Å². The van der Waals surface area contributed by atoms with Gasteiger partial charge in [-0.05, 0) is 18.2 Å².